The van der Waals surface area contributed by atoms with E-state index in [1.807, 2.05) is 0 Å². The Bertz CT molecular complexity index is 247. The summed E-state index contributed by atoms with van der Waals surface area (Å²) in [6.45, 7) is 0. The highest BCUT2D eigenvalue weighted by molar-refractivity contribution is 7.80. The fourth-order valence-corrected chi connectivity index (χ4v) is 2.14. The van der Waals surface area contributed by atoms with Crippen LogP contribution in [0.4, 0.5) is 0 Å². The molecule has 0 aromatic carbocycles. The predicted octanol–water partition coefficient (Wildman–Crippen LogP) is 2.18. The van der Waals surface area contributed by atoms with Crippen LogP contribution >= 0.6 is 12.2 Å². The molecule has 1 fully saturated rings. The molecule has 0 aliphatic heterocycles. The van der Waals surface area contributed by atoms with Crippen LogP contribution in [0.1, 0.15) is 32.1 Å². The number of hydrogen-bond acceptors (Lipinski definition) is 4. The minimum absolute atomic E-state index is 0.241. The maximum atomic E-state index is 11.5. The third-order valence-electron chi connectivity index (χ3n) is 2.85. The molecule has 0 radical (unpaired) electrons. The van der Waals surface area contributed by atoms with E-state index in [2.05, 4.69) is 17.2 Å². The standard InChI is InChI=1S/C11H17NO2S/c1-14-11(13)10(12-7-8-15)9-5-3-2-4-6-9/h7-10H,2-6H2,1H3/t10-/m0/s1. The van der Waals surface area contributed by atoms with E-state index >= 15 is 0 Å². The summed E-state index contributed by atoms with van der Waals surface area (Å²) < 4.78 is 4.76. The second kappa shape index (κ2) is 6.67. The zero-order valence-electron chi connectivity index (χ0n) is 9.02. The van der Waals surface area contributed by atoms with Gasteiger partial charge in [0.15, 0.2) is 0 Å². The lowest BCUT2D eigenvalue weighted by Gasteiger charge is -2.25. The Morgan fingerprint density at radius 1 is 1.47 bits per heavy atom. The van der Waals surface area contributed by atoms with Crippen molar-refractivity contribution < 1.29 is 9.53 Å². The minimum Gasteiger partial charge on any atom is -0.467 e. The van der Waals surface area contributed by atoms with Crippen LogP contribution in [-0.4, -0.2) is 30.7 Å². The van der Waals surface area contributed by atoms with E-state index < -0.39 is 0 Å². The first-order valence-electron chi connectivity index (χ1n) is 5.34. The summed E-state index contributed by atoms with van der Waals surface area (Å²) in [4.78, 5) is 15.7. The summed E-state index contributed by atoms with van der Waals surface area (Å²) >= 11 is 4.67. The number of methoxy groups -OCH3 is 1. The lowest BCUT2D eigenvalue weighted by atomic mass is 9.84. The van der Waals surface area contributed by atoms with Crippen LogP contribution in [0.3, 0.4) is 0 Å². The lowest BCUT2D eigenvalue weighted by molar-refractivity contribution is -0.143. The van der Waals surface area contributed by atoms with Crippen molar-refractivity contribution in [3.63, 3.8) is 0 Å². The molecule has 0 spiro atoms. The van der Waals surface area contributed by atoms with Gasteiger partial charge < -0.3 is 4.74 Å². The van der Waals surface area contributed by atoms with Crippen molar-refractivity contribution in [2.45, 2.75) is 38.1 Å². The zero-order valence-corrected chi connectivity index (χ0v) is 9.83. The Morgan fingerprint density at radius 3 is 2.67 bits per heavy atom. The number of aliphatic imine (C=N–C) groups is 1. The summed E-state index contributed by atoms with van der Waals surface area (Å²) in [5.74, 6) is 0.0902. The normalized spacial score (nSPS) is 20.1. The number of hydrogen-bond donors (Lipinski definition) is 0. The third kappa shape index (κ3) is 3.70. The van der Waals surface area contributed by atoms with Crippen molar-refractivity contribution in [2.75, 3.05) is 7.11 Å². The second-order valence-electron chi connectivity index (χ2n) is 3.80. The van der Waals surface area contributed by atoms with Crippen LogP contribution in [0.15, 0.2) is 4.99 Å². The van der Waals surface area contributed by atoms with E-state index in [9.17, 15) is 4.79 Å². The SMILES string of the molecule is COC(=O)[C@@H](N=CC=S)C1CCCCC1. The van der Waals surface area contributed by atoms with Crippen LogP contribution in [0.25, 0.3) is 0 Å². The van der Waals surface area contributed by atoms with Gasteiger partial charge in [-0.1, -0.05) is 31.5 Å². The third-order valence-corrected chi connectivity index (χ3v) is 2.97. The first-order valence-corrected chi connectivity index (χ1v) is 5.81. The van der Waals surface area contributed by atoms with Gasteiger partial charge in [-0.3, -0.25) is 4.99 Å². The maximum Gasteiger partial charge on any atom is 0.330 e. The molecular formula is C11H17NO2S. The van der Waals surface area contributed by atoms with Crippen molar-refractivity contribution >= 4 is 29.8 Å². The van der Waals surface area contributed by atoms with Gasteiger partial charge in [0.1, 0.15) is 6.04 Å². The van der Waals surface area contributed by atoms with E-state index in [-0.39, 0.29) is 12.0 Å². The van der Waals surface area contributed by atoms with E-state index in [1.165, 1.54) is 38.0 Å². The highest BCUT2D eigenvalue weighted by atomic mass is 32.1. The highest BCUT2D eigenvalue weighted by Gasteiger charge is 2.29. The number of nitrogens with zero attached hydrogens (tertiary/aromatic N) is 1. The fourth-order valence-electron chi connectivity index (χ4n) is 2.07. The molecule has 0 saturated heterocycles. The second-order valence-corrected chi connectivity index (χ2v) is 4.07. The molecular weight excluding hydrogens is 210 g/mol. The van der Waals surface area contributed by atoms with Crippen molar-refractivity contribution in [1.29, 1.82) is 0 Å². The van der Waals surface area contributed by atoms with Gasteiger partial charge in [-0.15, -0.1) is 0 Å². The minimum atomic E-state index is -0.352. The van der Waals surface area contributed by atoms with Crippen molar-refractivity contribution in [2.24, 2.45) is 10.9 Å². The summed E-state index contributed by atoms with van der Waals surface area (Å²) in [5, 5.41) is 1.43. The Kier molecular flexibility index (Phi) is 5.47. The van der Waals surface area contributed by atoms with Gasteiger partial charge in [-0.2, -0.15) is 0 Å². The molecule has 15 heavy (non-hydrogen) atoms. The Morgan fingerprint density at radius 2 is 2.13 bits per heavy atom. The molecule has 0 heterocycles. The van der Waals surface area contributed by atoms with Gasteiger partial charge in [0.25, 0.3) is 0 Å². The first kappa shape index (κ1) is 12.3. The van der Waals surface area contributed by atoms with Crippen LogP contribution in [-0.2, 0) is 9.53 Å². The molecule has 1 aliphatic rings. The van der Waals surface area contributed by atoms with Crippen LogP contribution in [0.5, 0.6) is 0 Å². The molecule has 0 unspecified atom stereocenters. The van der Waals surface area contributed by atoms with Crippen LogP contribution < -0.4 is 0 Å². The molecule has 4 heteroatoms. The smallest absolute Gasteiger partial charge is 0.330 e. The van der Waals surface area contributed by atoms with E-state index in [1.54, 1.807) is 0 Å². The average molecular weight is 227 g/mol. The molecule has 0 bridgehead atoms. The lowest BCUT2D eigenvalue weighted by Crippen LogP contribution is -2.30. The summed E-state index contributed by atoms with van der Waals surface area (Å²) in [7, 11) is 1.41. The monoisotopic (exact) mass is 227 g/mol. The molecule has 0 aromatic heterocycles. The fraction of sp³-hybridized carbons (Fsp3) is 0.727. The molecule has 0 amide bonds. The highest BCUT2D eigenvalue weighted by Crippen LogP contribution is 2.28. The molecule has 1 rings (SSSR count). The zero-order chi connectivity index (χ0) is 11.1. The molecule has 1 aliphatic carbocycles. The first-order chi connectivity index (χ1) is 7.29. The molecule has 1 saturated carbocycles. The topological polar surface area (TPSA) is 38.7 Å². The molecule has 0 aromatic rings. The predicted molar refractivity (Wildman–Crippen MR) is 64.5 cm³/mol. The van der Waals surface area contributed by atoms with Gasteiger partial charge in [0, 0.05) is 11.6 Å². The summed E-state index contributed by atoms with van der Waals surface area (Å²) in [5.41, 5.74) is 0. The number of carbonyl (C=O) groups is 1. The van der Waals surface area contributed by atoms with Gasteiger partial charge in [-0.25, -0.2) is 4.79 Å². The molecule has 84 valence electrons. The van der Waals surface area contributed by atoms with Crippen molar-refractivity contribution in [1.82, 2.24) is 0 Å². The number of ether oxygens (including phenoxy) is 1. The molecule has 0 N–H and O–H groups in total. The van der Waals surface area contributed by atoms with E-state index in [0.717, 1.165) is 12.8 Å². The van der Waals surface area contributed by atoms with Crippen molar-refractivity contribution in [3.8, 4) is 0 Å². The maximum absolute atomic E-state index is 11.5. The average Bonchev–Trinajstić information content (AvgIpc) is 2.30. The van der Waals surface area contributed by atoms with Crippen LogP contribution in [0.2, 0.25) is 0 Å². The molecule has 3 nitrogen and oxygen atoms in total. The Labute approximate surface area is 95.9 Å². The number of rotatable bonds is 4. The summed E-state index contributed by atoms with van der Waals surface area (Å²) in [6, 6.07) is -0.352. The quantitative estimate of drug-likeness (QED) is 0.420. The van der Waals surface area contributed by atoms with Crippen molar-refractivity contribution in [3.05, 3.63) is 0 Å². The number of thiocarbonyl (C=S) groups is 1. The number of esters is 1. The molecule has 1 atom stereocenters. The van der Waals surface area contributed by atoms with Gasteiger partial charge in [-0.05, 0) is 18.8 Å². The van der Waals surface area contributed by atoms with Gasteiger partial charge in [0.05, 0.1) is 7.11 Å². The largest absolute Gasteiger partial charge is 0.467 e. The Hall–Kier alpha value is -0.770. The van der Waals surface area contributed by atoms with Gasteiger partial charge in [0.2, 0.25) is 0 Å². The van der Waals surface area contributed by atoms with E-state index in [0.29, 0.717) is 5.92 Å². The summed E-state index contributed by atoms with van der Waals surface area (Å²) in [6.07, 6.45) is 7.28. The Balaban J connectivity index is 2.64. The van der Waals surface area contributed by atoms with Crippen LogP contribution in [0, 0.1) is 5.92 Å². The van der Waals surface area contributed by atoms with E-state index in [4.69, 9.17) is 4.74 Å². The van der Waals surface area contributed by atoms with Gasteiger partial charge >= 0.3 is 5.97 Å². The number of carbonyl (C=O) groups excluding carboxylic acids is 1.